The number of nitrogens with one attached hydrogen (secondary N) is 2. The zero-order valence-electron chi connectivity index (χ0n) is 16.3. The van der Waals surface area contributed by atoms with Crippen molar-refractivity contribution >= 4 is 29.9 Å². The van der Waals surface area contributed by atoms with Gasteiger partial charge in [-0.1, -0.05) is 37.3 Å². The Labute approximate surface area is 175 Å². The molecule has 0 bridgehead atoms. The third kappa shape index (κ3) is 8.68. The average molecular weight is 475 g/mol. The lowest BCUT2D eigenvalue weighted by Crippen LogP contribution is -2.41. The Kier molecular flexibility index (Phi) is 11.2. The molecule has 1 aliphatic heterocycles. The molecule has 2 rings (SSSR count). The van der Waals surface area contributed by atoms with Gasteiger partial charge in [0.2, 0.25) is 0 Å². The fourth-order valence-corrected chi connectivity index (χ4v) is 2.83. The van der Waals surface area contributed by atoms with Crippen LogP contribution in [-0.4, -0.2) is 44.4 Å². The van der Waals surface area contributed by atoms with E-state index in [2.05, 4.69) is 43.5 Å². The zero-order valence-corrected chi connectivity index (χ0v) is 18.6. The fourth-order valence-electron chi connectivity index (χ4n) is 2.83. The number of halogens is 1. The topological polar surface area (TPSA) is 54.9 Å². The van der Waals surface area contributed by atoms with Gasteiger partial charge in [0.15, 0.2) is 5.96 Å². The number of aliphatic imine (C=N–C) groups is 1. The first-order valence-electron chi connectivity index (χ1n) is 9.39. The van der Waals surface area contributed by atoms with Gasteiger partial charge in [-0.15, -0.1) is 24.0 Å². The summed E-state index contributed by atoms with van der Waals surface area (Å²) in [5, 5.41) is 6.72. The van der Waals surface area contributed by atoms with Crippen LogP contribution < -0.4 is 10.6 Å². The average Bonchev–Trinajstić information content (AvgIpc) is 3.05. The van der Waals surface area contributed by atoms with Gasteiger partial charge in [-0.2, -0.15) is 0 Å². The van der Waals surface area contributed by atoms with Crippen molar-refractivity contribution in [3.63, 3.8) is 0 Å². The van der Waals surface area contributed by atoms with Crippen molar-refractivity contribution < 1.29 is 9.47 Å². The van der Waals surface area contributed by atoms with Crippen molar-refractivity contribution in [2.24, 2.45) is 10.9 Å². The number of benzene rings is 1. The van der Waals surface area contributed by atoms with Crippen LogP contribution >= 0.6 is 24.0 Å². The van der Waals surface area contributed by atoms with E-state index in [-0.39, 0.29) is 29.6 Å². The third-order valence-electron chi connectivity index (χ3n) is 4.35. The van der Waals surface area contributed by atoms with Gasteiger partial charge in [0, 0.05) is 19.7 Å². The number of nitrogens with zero attached hydrogens (tertiary/aromatic N) is 1. The van der Waals surface area contributed by atoms with Gasteiger partial charge in [-0.3, -0.25) is 4.99 Å². The summed E-state index contributed by atoms with van der Waals surface area (Å²) < 4.78 is 11.6. The van der Waals surface area contributed by atoms with Gasteiger partial charge in [0.1, 0.15) is 0 Å². The molecule has 0 saturated carbocycles. The molecule has 2 atom stereocenters. The predicted octanol–water partition coefficient (Wildman–Crippen LogP) is 3.58. The molecule has 148 valence electrons. The van der Waals surface area contributed by atoms with Crippen LogP contribution in [0, 0.1) is 5.92 Å². The predicted molar refractivity (Wildman–Crippen MR) is 118 cm³/mol. The Morgan fingerprint density at radius 1 is 1.31 bits per heavy atom. The highest BCUT2D eigenvalue weighted by molar-refractivity contribution is 14.0. The van der Waals surface area contributed by atoms with E-state index >= 15 is 0 Å². The highest BCUT2D eigenvalue weighted by Crippen LogP contribution is 2.24. The normalized spacial score (nSPS) is 21.1. The van der Waals surface area contributed by atoms with E-state index in [1.165, 1.54) is 5.56 Å². The number of ether oxygens (including phenoxy) is 2. The summed E-state index contributed by atoms with van der Waals surface area (Å²) in [6.45, 7) is 11.0. The highest BCUT2D eigenvalue weighted by Gasteiger charge is 2.29. The zero-order chi connectivity index (χ0) is 18.0. The summed E-state index contributed by atoms with van der Waals surface area (Å²) in [7, 11) is 0. The molecule has 1 aliphatic rings. The second-order valence-electron chi connectivity index (χ2n) is 7.08. The Balaban J connectivity index is 0.00000338. The van der Waals surface area contributed by atoms with Gasteiger partial charge in [0.25, 0.3) is 0 Å². The highest BCUT2D eigenvalue weighted by atomic mass is 127. The van der Waals surface area contributed by atoms with Gasteiger partial charge >= 0.3 is 0 Å². The lowest BCUT2D eigenvalue weighted by molar-refractivity contribution is 0.0283. The molecule has 1 fully saturated rings. The second-order valence-corrected chi connectivity index (χ2v) is 7.08. The first-order chi connectivity index (χ1) is 12.1. The summed E-state index contributed by atoms with van der Waals surface area (Å²) in [6, 6.07) is 10.3. The van der Waals surface area contributed by atoms with Gasteiger partial charge in [-0.05, 0) is 38.2 Å². The lowest BCUT2D eigenvalue weighted by atomic mass is 10.0. The SMILES string of the molecule is CCNC(=NCC1(C)CCCO1)NCC(C)COCc1ccccc1.I. The van der Waals surface area contributed by atoms with Crippen molar-refractivity contribution in [2.75, 3.05) is 32.8 Å². The van der Waals surface area contributed by atoms with Gasteiger partial charge in [0.05, 0.1) is 25.4 Å². The Hall–Kier alpha value is -0.860. The van der Waals surface area contributed by atoms with E-state index in [9.17, 15) is 0 Å². The summed E-state index contributed by atoms with van der Waals surface area (Å²) in [5.74, 6) is 1.26. The van der Waals surface area contributed by atoms with Crippen LogP contribution in [0.3, 0.4) is 0 Å². The van der Waals surface area contributed by atoms with Crippen molar-refractivity contribution in [3.05, 3.63) is 35.9 Å². The minimum atomic E-state index is -0.104. The molecule has 2 N–H and O–H groups in total. The van der Waals surface area contributed by atoms with Crippen LogP contribution in [0.15, 0.2) is 35.3 Å². The first kappa shape index (κ1) is 23.2. The summed E-state index contributed by atoms with van der Waals surface area (Å²) in [4.78, 5) is 4.70. The number of guanidine groups is 1. The first-order valence-corrected chi connectivity index (χ1v) is 9.39. The smallest absolute Gasteiger partial charge is 0.191 e. The van der Waals surface area contributed by atoms with Crippen LogP contribution in [0.25, 0.3) is 0 Å². The molecule has 0 aromatic heterocycles. The Bertz CT molecular complexity index is 519. The molecule has 26 heavy (non-hydrogen) atoms. The maximum Gasteiger partial charge on any atom is 0.191 e. The van der Waals surface area contributed by atoms with Crippen molar-refractivity contribution in [2.45, 2.75) is 45.8 Å². The summed E-state index contributed by atoms with van der Waals surface area (Å²) in [5.41, 5.74) is 1.11. The minimum Gasteiger partial charge on any atom is -0.376 e. The summed E-state index contributed by atoms with van der Waals surface area (Å²) in [6.07, 6.45) is 2.21. The maximum atomic E-state index is 5.81. The molecule has 1 saturated heterocycles. The van der Waals surface area contributed by atoms with E-state index < -0.39 is 0 Å². The molecular weight excluding hydrogens is 441 g/mol. The van der Waals surface area contributed by atoms with Crippen LogP contribution in [-0.2, 0) is 16.1 Å². The molecule has 0 radical (unpaired) electrons. The molecule has 1 aromatic rings. The van der Waals surface area contributed by atoms with Crippen LogP contribution in [0.5, 0.6) is 0 Å². The molecule has 1 aromatic carbocycles. The minimum absolute atomic E-state index is 0. The van der Waals surface area contributed by atoms with E-state index in [1.807, 2.05) is 18.2 Å². The van der Waals surface area contributed by atoms with Gasteiger partial charge in [-0.25, -0.2) is 0 Å². The molecule has 0 aliphatic carbocycles. The molecule has 0 spiro atoms. The number of rotatable bonds is 9. The van der Waals surface area contributed by atoms with E-state index in [0.29, 0.717) is 19.1 Å². The van der Waals surface area contributed by atoms with Crippen molar-refractivity contribution in [1.29, 1.82) is 0 Å². The van der Waals surface area contributed by atoms with E-state index in [1.54, 1.807) is 0 Å². The van der Waals surface area contributed by atoms with E-state index in [4.69, 9.17) is 14.5 Å². The molecule has 0 amide bonds. The fraction of sp³-hybridized carbons (Fsp3) is 0.650. The van der Waals surface area contributed by atoms with Crippen LogP contribution in [0.2, 0.25) is 0 Å². The van der Waals surface area contributed by atoms with Crippen LogP contribution in [0.1, 0.15) is 39.2 Å². The van der Waals surface area contributed by atoms with Crippen molar-refractivity contribution in [1.82, 2.24) is 10.6 Å². The molecule has 6 heteroatoms. The maximum absolute atomic E-state index is 5.81. The molecular formula is C20H34IN3O2. The number of hydrogen-bond acceptors (Lipinski definition) is 3. The lowest BCUT2D eigenvalue weighted by Gasteiger charge is -2.22. The second kappa shape index (κ2) is 12.5. The third-order valence-corrected chi connectivity index (χ3v) is 4.35. The molecule has 1 heterocycles. The van der Waals surface area contributed by atoms with E-state index in [0.717, 1.165) is 45.1 Å². The molecule has 2 unspecified atom stereocenters. The van der Waals surface area contributed by atoms with Crippen molar-refractivity contribution in [3.8, 4) is 0 Å². The Morgan fingerprint density at radius 3 is 2.73 bits per heavy atom. The number of hydrogen-bond donors (Lipinski definition) is 2. The standard InChI is InChI=1S/C20H33N3O2.HI/c1-4-21-19(23-16-20(3)11-8-12-25-20)22-13-17(2)14-24-15-18-9-6-5-7-10-18;/h5-7,9-10,17H,4,8,11-16H2,1-3H3,(H2,21,22,23);1H. The Morgan fingerprint density at radius 2 is 2.08 bits per heavy atom. The molecule has 5 nitrogen and oxygen atoms in total. The monoisotopic (exact) mass is 475 g/mol. The summed E-state index contributed by atoms with van der Waals surface area (Å²) >= 11 is 0. The van der Waals surface area contributed by atoms with Crippen LogP contribution in [0.4, 0.5) is 0 Å². The largest absolute Gasteiger partial charge is 0.376 e. The van der Waals surface area contributed by atoms with Gasteiger partial charge < -0.3 is 20.1 Å². The quantitative estimate of drug-likeness (QED) is 0.326.